The topological polar surface area (TPSA) is 72.9 Å². The Labute approximate surface area is 172 Å². The maximum Gasteiger partial charge on any atom is 0.240 e. The van der Waals surface area contributed by atoms with Crippen LogP contribution in [0.25, 0.3) is 0 Å². The second-order valence-electron chi connectivity index (χ2n) is 8.09. The number of rotatable bonds is 4. The zero-order valence-corrected chi connectivity index (χ0v) is 18.2. The van der Waals surface area contributed by atoms with Gasteiger partial charge in [-0.3, -0.25) is 4.79 Å². The van der Waals surface area contributed by atoms with Crippen LogP contribution in [0.5, 0.6) is 11.5 Å². The average Bonchev–Trinajstić information content (AvgIpc) is 2.85. The van der Waals surface area contributed by atoms with Gasteiger partial charge in [0.25, 0.3) is 0 Å². The minimum Gasteiger partial charge on any atom is -0.489 e. The zero-order valence-electron chi connectivity index (χ0n) is 16.6. The summed E-state index contributed by atoms with van der Waals surface area (Å²) in [6.45, 7) is 7.87. The van der Waals surface area contributed by atoms with E-state index in [1.165, 1.54) is 6.92 Å². The lowest BCUT2D eigenvalue weighted by molar-refractivity contribution is -0.133. The minimum atomic E-state index is -3.70. The summed E-state index contributed by atoms with van der Waals surface area (Å²) in [7, 11) is -3.70. The molecular weight excluding hydrogens is 402 g/mol. The molecule has 3 rings (SSSR count). The standard InChI is InChI=1S/C20H28ClNO5S/c1-13-7-14(2)11-22(10-13)20(23)15(3)28(24,25)12-16-8-17(21)19-18(9-16)26-5-4-6-27-19/h8-9,13-15H,4-7,10-12H2,1-3H3/t13-,14-,15-/m1/s1. The van der Waals surface area contributed by atoms with E-state index in [2.05, 4.69) is 13.8 Å². The molecule has 0 unspecified atom stereocenters. The van der Waals surface area contributed by atoms with Crippen LogP contribution in [-0.4, -0.2) is 50.8 Å². The Morgan fingerprint density at radius 1 is 1.21 bits per heavy atom. The highest BCUT2D eigenvalue weighted by Gasteiger charge is 2.35. The molecule has 2 aliphatic heterocycles. The van der Waals surface area contributed by atoms with Gasteiger partial charge in [-0.1, -0.05) is 25.4 Å². The third kappa shape index (κ3) is 4.74. The molecule has 0 N–H and O–H groups in total. The first-order chi connectivity index (χ1) is 13.2. The number of amides is 1. The first kappa shape index (κ1) is 21.2. The molecule has 1 amide bonds. The SMILES string of the molecule is C[C@@H]1C[C@@H](C)CN(C(=O)[C@@H](C)S(=O)(=O)Cc2cc(Cl)c3c(c2)OCCCO3)C1. The Hall–Kier alpha value is -1.47. The summed E-state index contributed by atoms with van der Waals surface area (Å²) >= 11 is 6.27. The molecule has 2 aliphatic rings. The molecular formula is C20H28ClNO5S. The van der Waals surface area contributed by atoms with Crippen molar-refractivity contribution in [2.75, 3.05) is 26.3 Å². The minimum absolute atomic E-state index is 0.269. The van der Waals surface area contributed by atoms with Gasteiger partial charge in [-0.05, 0) is 42.9 Å². The molecule has 0 saturated carbocycles. The molecule has 0 aromatic heterocycles. The van der Waals surface area contributed by atoms with Gasteiger partial charge in [0.1, 0.15) is 5.25 Å². The second-order valence-corrected chi connectivity index (χ2v) is 10.8. The summed E-state index contributed by atoms with van der Waals surface area (Å²) in [6.07, 6.45) is 1.79. The second kappa shape index (κ2) is 8.49. The molecule has 8 heteroatoms. The highest BCUT2D eigenvalue weighted by molar-refractivity contribution is 7.92. The monoisotopic (exact) mass is 429 g/mol. The number of fused-ring (bicyclic) bond motifs is 1. The number of carbonyl (C=O) groups is 1. The van der Waals surface area contributed by atoms with E-state index in [0.717, 1.165) is 12.8 Å². The van der Waals surface area contributed by atoms with Crippen molar-refractivity contribution in [1.82, 2.24) is 4.90 Å². The van der Waals surface area contributed by atoms with Crippen LogP contribution in [0, 0.1) is 11.8 Å². The molecule has 0 aliphatic carbocycles. The predicted molar refractivity (Wildman–Crippen MR) is 109 cm³/mol. The maximum atomic E-state index is 12.9. The molecule has 3 atom stereocenters. The smallest absolute Gasteiger partial charge is 0.240 e. The van der Waals surface area contributed by atoms with Gasteiger partial charge < -0.3 is 14.4 Å². The lowest BCUT2D eigenvalue weighted by Gasteiger charge is -2.36. The number of ether oxygens (including phenoxy) is 2. The van der Waals surface area contributed by atoms with Gasteiger partial charge in [-0.2, -0.15) is 0 Å². The fourth-order valence-corrected chi connectivity index (χ4v) is 5.60. The molecule has 28 heavy (non-hydrogen) atoms. The molecule has 1 fully saturated rings. The molecule has 0 spiro atoms. The lowest BCUT2D eigenvalue weighted by atomic mass is 9.92. The van der Waals surface area contributed by atoms with Crippen LogP contribution in [0.3, 0.4) is 0 Å². The number of benzene rings is 1. The zero-order chi connectivity index (χ0) is 20.5. The Morgan fingerprint density at radius 3 is 2.54 bits per heavy atom. The summed E-state index contributed by atoms with van der Waals surface area (Å²) in [5, 5.41) is -0.776. The molecule has 1 aromatic carbocycles. The molecule has 1 aromatic rings. The van der Waals surface area contributed by atoms with Crippen molar-refractivity contribution in [3.8, 4) is 11.5 Å². The molecule has 2 heterocycles. The number of sulfone groups is 1. The molecule has 156 valence electrons. The molecule has 0 bridgehead atoms. The van der Waals surface area contributed by atoms with Crippen LogP contribution >= 0.6 is 11.6 Å². The highest BCUT2D eigenvalue weighted by Crippen LogP contribution is 2.38. The Kier molecular flexibility index (Phi) is 6.44. The summed E-state index contributed by atoms with van der Waals surface area (Å²) in [5.74, 6) is 1.06. The van der Waals surface area contributed by atoms with Crippen molar-refractivity contribution < 1.29 is 22.7 Å². The van der Waals surface area contributed by atoms with Gasteiger partial charge in [0.2, 0.25) is 5.91 Å². The predicted octanol–water partition coefficient (Wildman–Crippen LogP) is 3.31. The van der Waals surface area contributed by atoms with Crippen LogP contribution in [0.4, 0.5) is 0 Å². The van der Waals surface area contributed by atoms with Gasteiger partial charge in [-0.15, -0.1) is 0 Å². The van der Waals surface area contributed by atoms with Crippen LogP contribution in [-0.2, 0) is 20.4 Å². The van der Waals surface area contributed by atoms with Crippen molar-refractivity contribution in [3.63, 3.8) is 0 Å². The molecule has 0 radical (unpaired) electrons. The fourth-order valence-electron chi connectivity index (χ4n) is 3.98. The number of hydrogen-bond donors (Lipinski definition) is 0. The highest BCUT2D eigenvalue weighted by atomic mass is 35.5. The number of likely N-dealkylation sites (tertiary alicyclic amines) is 1. The van der Waals surface area contributed by atoms with Crippen LogP contribution in [0.2, 0.25) is 5.02 Å². The number of hydrogen-bond acceptors (Lipinski definition) is 5. The van der Waals surface area contributed by atoms with E-state index in [1.54, 1.807) is 17.0 Å². The van der Waals surface area contributed by atoms with Crippen molar-refractivity contribution >= 4 is 27.3 Å². The fraction of sp³-hybridized carbons (Fsp3) is 0.650. The van der Waals surface area contributed by atoms with Crippen LogP contribution in [0.15, 0.2) is 12.1 Å². The number of nitrogens with zero attached hydrogens (tertiary/aromatic N) is 1. The number of halogens is 1. The molecule has 1 saturated heterocycles. The lowest BCUT2D eigenvalue weighted by Crippen LogP contribution is -2.48. The summed E-state index contributed by atoms with van der Waals surface area (Å²) in [4.78, 5) is 14.5. The van der Waals surface area contributed by atoms with Gasteiger partial charge in [0.15, 0.2) is 21.3 Å². The number of carbonyl (C=O) groups excluding carboxylic acids is 1. The first-order valence-electron chi connectivity index (χ1n) is 9.75. The maximum absolute atomic E-state index is 12.9. The van der Waals surface area contributed by atoms with Crippen molar-refractivity contribution in [3.05, 3.63) is 22.7 Å². The van der Waals surface area contributed by atoms with Crippen molar-refractivity contribution in [2.24, 2.45) is 11.8 Å². The van der Waals surface area contributed by atoms with E-state index in [4.69, 9.17) is 21.1 Å². The van der Waals surface area contributed by atoms with Gasteiger partial charge in [0, 0.05) is 19.5 Å². The largest absolute Gasteiger partial charge is 0.489 e. The normalized spacial score (nSPS) is 23.8. The number of piperidine rings is 1. The van der Waals surface area contributed by atoms with Crippen LogP contribution < -0.4 is 9.47 Å². The Morgan fingerprint density at radius 2 is 1.86 bits per heavy atom. The summed E-state index contributed by atoms with van der Waals surface area (Å²) < 4.78 is 37.1. The molecule has 6 nitrogen and oxygen atoms in total. The van der Waals surface area contributed by atoms with E-state index in [9.17, 15) is 13.2 Å². The first-order valence-corrected chi connectivity index (χ1v) is 11.8. The van der Waals surface area contributed by atoms with Crippen molar-refractivity contribution in [2.45, 2.75) is 44.6 Å². The summed E-state index contributed by atoms with van der Waals surface area (Å²) in [6, 6.07) is 3.22. The Balaban J connectivity index is 1.77. The van der Waals surface area contributed by atoms with E-state index >= 15 is 0 Å². The Bertz CT molecular complexity index is 831. The van der Waals surface area contributed by atoms with Gasteiger partial charge >= 0.3 is 0 Å². The van der Waals surface area contributed by atoms with Crippen molar-refractivity contribution in [1.29, 1.82) is 0 Å². The van der Waals surface area contributed by atoms with E-state index in [-0.39, 0.29) is 11.7 Å². The van der Waals surface area contributed by atoms with E-state index in [0.29, 0.717) is 60.2 Å². The quantitative estimate of drug-likeness (QED) is 0.734. The van der Waals surface area contributed by atoms with Gasteiger partial charge in [0.05, 0.1) is 24.0 Å². The average molecular weight is 430 g/mol. The third-order valence-electron chi connectivity index (χ3n) is 5.30. The van der Waals surface area contributed by atoms with Gasteiger partial charge in [-0.25, -0.2) is 8.42 Å². The van der Waals surface area contributed by atoms with E-state index < -0.39 is 15.1 Å². The van der Waals surface area contributed by atoms with Crippen LogP contribution in [0.1, 0.15) is 39.2 Å². The third-order valence-corrected chi connectivity index (χ3v) is 7.59. The van der Waals surface area contributed by atoms with E-state index in [1.807, 2.05) is 0 Å². The summed E-state index contributed by atoms with van der Waals surface area (Å²) in [5.41, 5.74) is 0.495.